The molecule has 0 N–H and O–H groups in total. The SMILES string of the molecule is c1ccc(N(c2ccccc2)c2cc3c(c4ccccc24)-c2cc4c(cc2C32c3ccccc3-c3ccccc32)cc(N(c2ccccc2)c2ccccc2)c2oc3ccccc3c24)cc1. The van der Waals surface area contributed by atoms with Gasteiger partial charge < -0.3 is 14.2 Å². The summed E-state index contributed by atoms with van der Waals surface area (Å²) in [5, 5.41) is 6.98. The van der Waals surface area contributed by atoms with Crippen LogP contribution in [0.5, 0.6) is 0 Å². The Morgan fingerprint density at radius 2 is 0.788 bits per heavy atom. The summed E-state index contributed by atoms with van der Waals surface area (Å²) in [4.78, 5) is 4.79. The van der Waals surface area contributed by atoms with Crippen molar-refractivity contribution in [1.29, 1.82) is 0 Å². The predicted octanol–water partition coefficient (Wildman–Crippen LogP) is 17.2. The van der Waals surface area contributed by atoms with E-state index in [9.17, 15) is 0 Å². The fourth-order valence-electron chi connectivity index (χ4n) is 11.6. The van der Waals surface area contributed by atoms with Crippen LogP contribution in [0.3, 0.4) is 0 Å². The average molecular weight is 841 g/mol. The maximum atomic E-state index is 7.04. The molecule has 0 bridgehead atoms. The van der Waals surface area contributed by atoms with Crippen LogP contribution in [0.4, 0.5) is 34.1 Å². The van der Waals surface area contributed by atoms with Crippen LogP contribution < -0.4 is 9.80 Å². The second kappa shape index (κ2) is 14.2. The molecule has 2 aliphatic carbocycles. The maximum Gasteiger partial charge on any atom is 0.160 e. The van der Waals surface area contributed by atoms with Gasteiger partial charge >= 0.3 is 0 Å². The minimum Gasteiger partial charge on any atom is -0.454 e. The first-order valence-corrected chi connectivity index (χ1v) is 22.8. The van der Waals surface area contributed by atoms with E-state index >= 15 is 0 Å². The summed E-state index contributed by atoms with van der Waals surface area (Å²) in [5.74, 6) is 0. The predicted molar refractivity (Wildman–Crippen MR) is 274 cm³/mol. The molecule has 1 aromatic heterocycles. The molecule has 0 atom stereocenters. The molecular weight excluding hydrogens is 801 g/mol. The van der Waals surface area contributed by atoms with Gasteiger partial charge in [-0.3, -0.25) is 0 Å². The van der Waals surface area contributed by atoms with E-state index in [2.05, 4.69) is 252 Å². The lowest BCUT2D eigenvalue weighted by atomic mass is 9.70. The first-order chi connectivity index (χ1) is 32.8. The molecule has 12 aromatic rings. The summed E-state index contributed by atoms with van der Waals surface area (Å²) in [6.07, 6.45) is 0. The molecule has 0 saturated heterocycles. The molecule has 0 amide bonds. The van der Waals surface area contributed by atoms with Crippen molar-refractivity contribution in [2.75, 3.05) is 9.80 Å². The van der Waals surface area contributed by atoms with Gasteiger partial charge in [0.2, 0.25) is 0 Å². The first kappa shape index (κ1) is 36.8. The largest absolute Gasteiger partial charge is 0.454 e. The Hall–Kier alpha value is -8.66. The number of rotatable bonds is 6. The third-order valence-corrected chi connectivity index (χ3v) is 14.2. The molecule has 11 aromatic carbocycles. The van der Waals surface area contributed by atoms with Crippen LogP contribution in [0.25, 0.3) is 65.7 Å². The highest BCUT2D eigenvalue weighted by atomic mass is 16.3. The number of hydrogen-bond acceptors (Lipinski definition) is 3. The van der Waals surface area contributed by atoms with E-state index in [0.717, 1.165) is 61.4 Å². The molecule has 2 aliphatic rings. The summed E-state index contributed by atoms with van der Waals surface area (Å²) in [7, 11) is 0. The van der Waals surface area contributed by atoms with Crippen molar-refractivity contribution >= 4 is 77.6 Å². The van der Waals surface area contributed by atoms with Crippen molar-refractivity contribution in [3.8, 4) is 22.3 Å². The van der Waals surface area contributed by atoms with Gasteiger partial charge in [-0.05, 0) is 140 Å². The molecule has 1 heterocycles. The van der Waals surface area contributed by atoms with Crippen LogP contribution in [0.15, 0.2) is 247 Å². The minimum absolute atomic E-state index is 0.615. The maximum absolute atomic E-state index is 7.04. The topological polar surface area (TPSA) is 19.6 Å². The molecule has 1 spiro atoms. The van der Waals surface area contributed by atoms with Gasteiger partial charge in [0, 0.05) is 38.9 Å². The van der Waals surface area contributed by atoms with Crippen LogP contribution in [0.2, 0.25) is 0 Å². The van der Waals surface area contributed by atoms with Crippen molar-refractivity contribution in [2.45, 2.75) is 5.41 Å². The number of nitrogens with zero attached hydrogens (tertiary/aromatic N) is 2. The number of para-hydroxylation sites is 5. The number of furan rings is 1. The molecule has 0 unspecified atom stereocenters. The normalized spacial score (nSPS) is 13.0. The van der Waals surface area contributed by atoms with Crippen LogP contribution in [0.1, 0.15) is 22.3 Å². The van der Waals surface area contributed by atoms with E-state index in [-0.39, 0.29) is 0 Å². The van der Waals surface area contributed by atoms with Crippen molar-refractivity contribution in [2.24, 2.45) is 0 Å². The van der Waals surface area contributed by atoms with Gasteiger partial charge in [0.05, 0.1) is 16.8 Å². The first-order valence-electron chi connectivity index (χ1n) is 22.8. The molecule has 14 rings (SSSR count). The Kier molecular flexibility index (Phi) is 7.90. The Bertz CT molecular complexity index is 3750. The van der Waals surface area contributed by atoms with Crippen molar-refractivity contribution in [3.05, 3.63) is 265 Å². The van der Waals surface area contributed by atoms with Gasteiger partial charge in [-0.25, -0.2) is 0 Å². The molecule has 0 radical (unpaired) electrons. The zero-order valence-corrected chi connectivity index (χ0v) is 35.9. The fraction of sp³-hybridized carbons (Fsp3) is 0.0159. The monoisotopic (exact) mass is 840 g/mol. The highest BCUT2D eigenvalue weighted by Gasteiger charge is 2.52. The summed E-state index contributed by atoms with van der Waals surface area (Å²) in [5.41, 5.74) is 17.9. The molecule has 0 aliphatic heterocycles. The number of hydrogen-bond donors (Lipinski definition) is 0. The van der Waals surface area contributed by atoms with Gasteiger partial charge in [-0.2, -0.15) is 0 Å². The second-order valence-corrected chi connectivity index (χ2v) is 17.5. The molecule has 66 heavy (non-hydrogen) atoms. The summed E-state index contributed by atoms with van der Waals surface area (Å²) in [6, 6.07) is 88.7. The molecule has 3 nitrogen and oxygen atoms in total. The zero-order valence-electron chi connectivity index (χ0n) is 35.9. The molecule has 0 fully saturated rings. The van der Waals surface area contributed by atoms with Crippen LogP contribution in [0, 0.1) is 0 Å². The smallest absolute Gasteiger partial charge is 0.160 e. The summed E-state index contributed by atoms with van der Waals surface area (Å²) >= 11 is 0. The Balaban J connectivity index is 1.16. The van der Waals surface area contributed by atoms with E-state index in [1.54, 1.807) is 0 Å². The Morgan fingerprint density at radius 1 is 0.318 bits per heavy atom. The third-order valence-electron chi connectivity index (χ3n) is 14.2. The van der Waals surface area contributed by atoms with E-state index in [1.165, 1.54) is 60.7 Å². The van der Waals surface area contributed by atoms with Gasteiger partial charge in [0.1, 0.15) is 5.58 Å². The lowest BCUT2D eigenvalue weighted by Gasteiger charge is -2.33. The minimum atomic E-state index is -0.615. The van der Waals surface area contributed by atoms with E-state index in [4.69, 9.17) is 4.42 Å². The number of benzene rings is 11. The zero-order chi connectivity index (χ0) is 43.3. The van der Waals surface area contributed by atoms with Crippen molar-refractivity contribution in [3.63, 3.8) is 0 Å². The highest BCUT2D eigenvalue weighted by Crippen LogP contribution is 2.66. The molecule has 3 heteroatoms. The van der Waals surface area contributed by atoms with Gasteiger partial charge in [0.25, 0.3) is 0 Å². The Labute approximate surface area is 382 Å². The number of anilines is 6. The van der Waals surface area contributed by atoms with Crippen LogP contribution in [-0.4, -0.2) is 0 Å². The van der Waals surface area contributed by atoms with E-state index in [1.807, 2.05) is 0 Å². The lowest BCUT2D eigenvalue weighted by molar-refractivity contribution is 0.669. The molecular formula is C63H40N2O. The van der Waals surface area contributed by atoms with Crippen molar-refractivity contribution < 1.29 is 4.42 Å². The van der Waals surface area contributed by atoms with Gasteiger partial charge in [0.15, 0.2) is 5.58 Å². The van der Waals surface area contributed by atoms with Crippen LogP contribution in [-0.2, 0) is 5.41 Å². The number of fused-ring (bicyclic) bond motifs is 17. The summed E-state index contributed by atoms with van der Waals surface area (Å²) < 4.78 is 7.04. The fourth-order valence-corrected chi connectivity index (χ4v) is 11.6. The van der Waals surface area contributed by atoms with E-state index < -0.39 is 5.41 Å². The van der Waals surface area contributed by atoms with Crippen molar-refractivity contribution in [1.82, 2.24) is 0 Å². The van der Waals surface area contributed by atoms with Gasteiger partial charge in [-0.1, -0.05) is 164 Å². The van der Waals surface area contributed by atoms with E-state index in [0.29, 0.717) is 0 Å². The van der Waals surface area contributed by atoms with Crippen LogP contribution >= 0.6 is 0 Å². The average Bonchev–Trinajstić information content (AvgIpc) is 4.02. The quantitative estimate of drug-likeness (QED) is 0.166. The third kappa shape index (κ3) is 5.08. The second-order valence-electron chi connectivity index (χ2n) is 17.5. The lowest BCUT2D eigenvalue weighted by Crippen LogP contribution is -2.26. The summed E-state index contributed by atoms with van der Waals surface area (Å²) in [6.45, 7) is 0. The highest BCUT2D eigenvalue weighted by molar-refractivity contribution is 6.25. The standard InChI is InChI=1S/C63H40N2O/c1-5-21-42(22-6-1)64(43-23-7-2-8-24-43)57-40-56-60(49-32-14-13-31-48(49)57)52-39-51-41(37-55(52)63(56)53-34-18-15-29-46(53)47-30-16-19-35-54(47)63)38-58(62-61(51)50-33-17-20-36-59(50)66-62)65(44-25-9-3-10-26-44)45-27-11-4-12-28-45/h1-40H. The Morgan fingerprint density at radius 3 is 1.36 bits per heavy atom. The molecule has 308 valence electrons. The van der Waals surface area contributed by atoms with Gasteiger partial charge in [-0.15, -0.1) is 0 Å². The molecule has 0 saturated carbocycles.